The Balaban J connectivity index is 1.57. The zero-order chi connectivity index (χ0) is 11.0. The maximum Gasteiger partial charge on any atom is 0.0250 e. The lowest BCUT2D eigenvalue weighted by Crippen LogP contribution is -2.49. The Morgan fingerprint density at radius 2 is 2.00 bits per heavy atom. The number of rotatable bonds is 2. The zero-order valence-corrected chi connectivity index (χ0v) is 11.1. The number of nitrogens with zero attached hydrogens (tertiary/aromatic N) is 1. The highest BCUT2D eigenvalue weighted by molar-refractivity contribution is 7.99. The minimum absolute atomic E-state index is 0.782. The quantitative estimate of drug-likeness (QED) is 0.796. The minimum atomic E-state index is 0.782. The molecule has 3 heteroatoms. The molecule has 3 aliphatic rings. The molecule has 4 unspecified atom stereocenters. The van der Waals surface area contributed by atoms with E-state index >= 15 is 0 Å². The zero-order valence-electron chi connectivity index (χ0n) is 10.3. The van der Waals surface area contributed by atoms with Crippen LogP contribution >= 0.6 is 11.8 Å². The molecule has 0 aromatic rings. The normalized spacial score (nSPS) is 44.8. The molecule has 3 heterocycles. The van der Waals surface area contributed by atoms with Crippen molar-refractivity contribution in [2.75, 3.05) is 18.8 Å². The van der Waals surface area contributed by atoms with Crippen LogP contribution < -0.4 is 5.32 Å². The topological polar surface area (TPSA) is 15.3 Å². The summed E-state index contributed by atoms with van der Waals surface area (Å²) in [5.74, 6) is 1.37. The van der Waals surface area contributed by atoms with E-state index in [0.29, 0.717) is 0 Å². The Morgan fingerprint density at radius 3 is 2.88 bits per heavy atom. The van der Waals surface area contributed by atoms with Crippen molar-refractivity contribution in [1.29, 1.82) is 0 Å². The lowest BCUT2D eigenvalue weighted by molar-refractivity contribution is 0.283. The number of thioether (sulfide) groups is 1. The first-order chi connectivity index (χ1) is 7.84. The van der Waals surface area contributed by atoms with Gasteiger partial charge in [-0.25, -0.2) is 0 Å². The highest BCUT2D eigenvalue weighted by Gasteiger charge is 2.38. The molecule has 2 nitrogen and oxygen atoms in total. The van der Waals surface area contributed by atoms with Gasteiger partial charge in [0.25, 0.3) is 0 Å². The molecular formula is C13H24N2S. The van der Waals surface area contributed by atoms with Crippen molar-refractivity contribution in [2.45, 2.75) is 62.4 Å². The molecule has 0 aromatic heterocycles. The molecule has 92 valence electrons. The van der Waals surface area contributed by atoms with E-state index in [1.54, 1.807) is 0 Å². The van der Waals surface area contributed by atoms with E-state index in [1.807, 2.05) is 0 Å². The molecule has 0 aliphatic carbocycles. The molecule has 0 aromatic carbocycles. The standard InChI is InChI=1S/C13H24N2S/c1-10-11(4-3-9-16-10)14-12-6-8-15-7-2-5-13(12)15/h10-14H,2-9H2,1H3. The van der Waals surface area contributed by atoms with E-state index in [4.69, 9.17) is 0 Å². The summed E-state index contributed by atoms with van der Waals surface area (Å²) in [6.45, 7) is 5.11. The van der Waals surface area contributed by atoms with Gasteiger partial charge in [0.2, 0.25) is 0 Å². The van der Waals surface area contributed by atoms with E-state index in [-0.39, 0.29) is 0 Å². The number of fused-ring (bicyclic) bond motifs is 1. The van der Waals surface area contributed by atoms with Crippen LogP contribution in [0.15, 0.2) is 0 Å². The summed E-state index contributed by atoms with van der Waals surface area (Å²) in [6, 6.07) is 2.46. The summed E-state index contributed by atoms with van der Waals surface area (Å²) in [5.41, 5.74) is 0. The van der Waals surface area contributed by atoms with Gasteiger partial charge in [-0.15, -0.1) is 0 Å². The van der Waals surface area contributed by atoms with Gasteiger partial charge < -0.3 is 5.32 Å². The van der Waals surface area contributed by atoms with Crippen molar-refractivity contribution in [3.63, 3.8) is 0 Å². The molecule has 3 fully saturated rings. The lowest BCUT2D eigenvalue weighted by atomic mass is 10.0. The third kappa shape index (κ3) is 2.14. The fraction of sp³-hybridized carbons (Fsp3) is 1.00. The third-order valence-electron chi connectivity index (χ3n) is 4.64. The van der Waals surface area contributed by atoms with Gasteiger partial charge in [-0.3, -0.25) is 4.90 Å². The average Bonchev–Trinajstić information content (AvgIpc) is 2.86. The van der Waals surface area contributed by atoms with Crippen molar-refractivity contribution in [3.05, 3.63) is 0 Å². The van der Waals surface area contributed by atoms with Crippen molar-refractivity contribution >= 4 is 11.8 Å². The van der Waals surface area contributed by atoms with Gasteiger partial charge >= 0.3 is 0 Å². The first-order valence-corrected chi connectivity index (χ1v) is 8.01. The Kier molecular flexibility index (Phi) is 3.46. The van der Waals surface area contributed by atoms with Crippen molar-refractivity contribution in [2.24, 2.45) is 0 Å². The first kappa shape index (κ1) is 11.4. The second-order valence-electron chi connectivity index (χ2n) is 5.63. The molecule has 1 N–H and O–H groups in total. The molecular weight excluding hydrogens is 216 g/mol. The summed E-state index contributed by atoms with van der Waals surface area (Å²) in [7, 11) is 0. The molecule has 0 saturated carbocycles. The highest BCUT2D eigenvalue weighted by Crippen LogP contribution is 2.31. The monoisotopic (exact) mass is 240 g/mol. The predicted octanol–water partition coefficient (Wildman–Crippen LogP) is 2.10. The molecule has 3 rings (SSSR count). The van der Waals surface area contributed by atoms with Gasteiger partial charge in [-0.2, -0.15) is 11.8 Å². The Hall–Kier alpha value is 0.270. The molecule has 0 amide bonds. The van der Waals surface area contributed by atoms with Gasteiger partial charge in [0.15, 0.2) is 0 Å². The third-order valence-corrected chi connectivity index (χ3v) is 6.02. The van der Waals surface area contributed by atoms with Crippen molar-refractivity contribution in [3.8, 4) is 0 Å². The van der Waals surface area contributed by atoms with Crippen LogP contribution in [-0.2, 0) is 0 Å². The summed E-state index contributed by atoms with van der Waals surface area (Å²) in [6.07, 6.45) is 7.06. The van der Waals surface area contributed by atoms with Gasteiger partial charge in [0.05, 0.1) is 0 Å². The van der Waals surface area contributed by atoms with Gasteiger partial charge in [0, 0.05) is 29.9 Å². The number of nitrogens with one attached hydrogen (secondary N) is 1. The molecule has 0 spiro atoms. The minimum Gasteiger partial charge on any atom is -0.309 e. The predicted molar refractivity (Wildman–Crippen MR) is 71.1 cm³/mol. The molecule has 3 aliphatic heterocycles. The second kappa shape index (κ2) is 4.87. The van der Waals surface area contributed by atoms with E-state index in [0.717, 1.165) is 23.4 Å². The van der Waals surface area contributed by atoms with Crippen LogP contribution in [0, 0.1) is 0 Å². The summed E-state index contributed by atoms with van der Waals surface area (Å²) in [4.78, 5) is 2.71. The number of hydrogen-bond acceptors (Lipinski definition) is 3. The highest BCUT2D eigenvalue weighted by atomic mass is 32.2. The van der Waals surface area contributed by atoms with Gasteiger partial charge in [-0.05, 0) is 44.4 Å². The molecule has 3 saturated heterocycles. The fourth-order valence-electron chi connectivity index (χ4n) is 3.69. The molecule has 16 heavy (non-hydrogen) atoms. The van der Waals surface area contributed by atoms with Crippen LogP contribution in [-0.4, -0.2) is 47.1 Å². The van der Waals surface area contributed by atoms with E-state index < -0.39 is 0 Å². The molecule has 0 bridgehead atoms. The second-order valence-corrected chi connectivity index (χ2v) is 7.12. The van der Waals surface area contributed by atoms with E-state index in [1.165, 1.54) is 50.9 Å². The van der Waals surface area contributed by atoms with Crippen LogP contribution in [0.4, 0.5) is 0 Å². The Labute approximate surface area is 104 Å². The number of hydrogen-bond donors (Lipinski definition) is 1. The average molecular weight is 240 g/mol. The van der Waals surface area contributed by atoms with Crippen LogP contribution in [0.2, 0.25) is 0 Å². The molecule has 4 atom stereocenters. The van der Waals surface area contributed by atoms with Crippen LogP contribution in [0.3, 0.4) is 0 Å². The smallest absolute Gasteiger partial charge is 0.0250 e. The van der Waals surface area contributed by atoms with Crippen molar-refractivity contribution in [1.82, 2.24) is 10.2 Å². The van der Waals surface area contributed by atoms with E-state index in [9.17, 15) is 0 Å². The summed E-state index contributed by atoms with van der Waals surface area (Å²) >= 11 is 2.16. The van der Waals surface area contributed by atoms with Crippen LogP contribution in [0.25, 0.3) is 0 Å². The van der Waals surface area contributed by atoms with Crippen molar-refractivity contribution < 1.29 is 0 Å². The van der Waals surface area contributed by atoms with E-state index in [2.05, 4.69) is 28.9 Å². The lowest BCUT2D eigenvalue weighted by Gasteiger charge is -2.33. The first-order valence-electron chi connectivity index (χ1n) is 6.96. The fourth-order valence-corrected chi connectivity index (χ4v) is 4.85. The Bertz CT molecular complexity index is 246. The summed E-state index contributed by atoms with van der Waals surface area (Å²) in [5, 5.41) is 4.80. The van der Waals surface area contributed by atoms with Gasteiger partial charge in [-0.1, -0.05) is 6.92 Å². The van der Waals surface area contributed by atoms with Crippen LogP contribution in [0.1, 0.15) is 39.0 Å². The maximum absolute atomic E-state index is 3.98. The van der Waals surface area contributed by atoms with Crippen LogP contribution in [0.5, 0.6) is 0 Å². The Morgan fingerprint density at radius 1 is 1.06 bits per heavy atom. The molecule has 0 radical (unpaired) electrons. The maximum atomic E-state index is 3.98. The largest absolute Gasteiger partial charge is 0.309 e. The summed E-state index contributed by atoms with van der Waals surface area (Å²) < 4.78 is 0. The van der Waals surface area contributed by atoms with Gasteiger partial charge in [0.1, 0.15) is 0 Å². The SMILES string of the molecule is CC1SCCCC1NC1CCN2CCCC12.